The molecule has 0 radical (unpaired) electrons. The van der Waals surface area contributed by atoms with Gasteiger partial charge >= 0.3 is 0 Å². The monoisotopic (exact) mass is 212 g/mol. The molecule has 0 spiro atoms. The standard InChI is InChI=1S/C16H20/c1-4-5-14-8-9-15-7-6-13(12(2)3)10-11-16(14)15/h6-12H,4-5H2,1-3H3. The van der Waals surface area contributed by atoms with E-state index in [1.165, 1.54) is 35.1 Å². The van der Waals surface area contributed by atoms with Gasteiger partial charge in [-0.05, 0) is 34.6 Å². The molecule has 0 N–H and O–H groups in total. The van der Waals surface area contributed by atoms with Crippen molar-refractivity contribution in [2.45, 2.75) is 39.5 Å². The van der Waals surface area contributed by atoms with E-state index in [1.54, 1.807) is 0 Å². The van der Waals surface area contributed by atoms with E-state index in [-0.39, 0.29) is 0 Å². The minimum Gasteiger partial charge on any atom is -0.0651 e. The number of fused-ring (bicyclic) bond motifs is 1. The lowest BCUT2D eigenvalue weighted by atomic mass is 10.1. The van der Waals surface area contributed by atoms with Crippen molar-refractivity contribution in [2.75, 3.05) is 0 Å². The van der Waals surface area contributed by atoms with E-state index >= 15 is 0 Å². The second-order valence-corrected chi connectivity index (χ2v) is 4.80. The Morgan fingerprint density at radius 1 is 0.938 bits per heavy atom. The molecule has 0 nitrogen and oxygen atoms in total. The van der Waals surface area contributed by atoms with Crippen molar-refractivity contribution in [3.63, 3.8) is 0 Å². The molecule has 84 valence electrons. The smallest absolute Gasteiger partial charge is 0.0152 e. The highest BCUT2D eigenvalue weighted by molar-refractivity contribution is 5.70. The molecule has 0 saturated carbocycles. The molecule has 0 heterocycles. The number of hydrogen-bond acceptors (Lipinski definition) is 0. The lowest BCUT2D eigenvalue weighted by molar-refractivity contribution is 0.868. The first-order chi connectivity index (χ1) is 7.72. The minimum absolute atomic E-state index is 0.603. The predicted octanol–water partition coefficient (Wildman–Crippen LogP) is 4.87. The Morgan fingerprint density at radius 2 is 1.62 bits per heavy atom. The summed E-state index contributed by atoms with van der Waals surface area (Å²) in [6.45, 7) is 6.72. The summed E-state index contributed by atoms with van der Waals surface area (Å²) < 4.78 is 0. The SMILES string of the molecule is CCCc1ccc2ccc(C(C)C)ccc1-2. The molecule has 0 amide bonds. The molecule has 0 bridgehead atoms. The molecule has 2 rings (SSSR count). The van der Waals surface area contributed by atoms with Crippen LogP contribution < -0.4 is 0 Å². The van der Waals surface area contributed by atoms with E-state index in [9.17, 15) is 0 Å². The van der Waals surface area contributed by atoms with Gasteiger partial charge in [0.2, 0.25) is 0 Å². The summed E-state index contributed by atoms with van der Waals surface area (Å²) in [5, 5.41) is 0. The van der Waals surface area contributed by atoms with Gasteiger partial charge in [0.1, 0.15) is 0 Å². The van der Waals surface area contributed by atoms with Gasteiger partial charge in [-0.2, -0.15) is 0 Å². The fourth-order valence-electron chi connectivity index (χ4n) is 2.20. The van der Waals surface area contributed by atoms with E-state index in [0.717, 1.165) is 0 Å². The average molecular weight is 212 g/mol. The highest BCUT2D eigenvalue weighted by atomic mass is 14.1. The third-order valence-electron chi connectivity index (χ3n) is 3.20. The Labute approximate surface area is 98.7 Å². The summed E-state index contributed by atoms with van der Waals surface area (Å²) in [4.78, 5) is 0. The number of hydrogen-bond donors (Lipinski definition) is 0. The second kappa shape index (κ2) is 4.69. The highest BCUT2D eigenvalue weighted by Gasteiger charge is 2.07. The maximum absolute atomic E-state index is 2.29. The van der Waals surface area contributed by atoms with Crippen LogP contribution in [0.5, 0.6) is 0 Å². The zero-order valence-corrected chi connectivity index (χ0v) is 10.5. The van der Waals surface area contributed by atoms with Crippen LogP contribution in [-0.4, -0.2) is 0 Å². The van der Waals surface area contributed by atoms with Crippen molar-refractivity contribution in [3.05, 3.63) is 47.5 Å². The summed E-state index contributed by atoms with van der Waals surface area (Å²) >= 11 is 0. The lowest BCUT2D eigenvalue weighted by Crippen LogP contribution is -1.82. The quantitative estimate of drug-likeness (QED) is 0.681. The van der Waals surface area contributed by atoms with Crippen LogP contribution in [0, 0.1) is 0 Å². The topological polar surface area (TPSA) is 0 Å². The molecule has 0 fully saturated rings. The van der Waals surface area contributed by atoms with Crippen molar-refractivity contribution in [2.24, 2.45) is 0 Å². The molecule has 0 heteroatoms. The summed E-state index contributed by atoms with van der Waals surface area (Å²) in [6.07, 6.45) is 2.40. The third kappa shape index (κ3) is 2.11. The predicted molar refractivity (Wildman–Crippen MR) is 71.1 cm³/mol. The molecule has 0 atom stereocenters. The van der Waals surface area contributed by atoms with Gasteiger partial charge in [-0.15, -0.1) is 0 Å². The lowest BCUT2D eigenvalue weighted by Gasteiger charge is -2.00. The zero-order valence-electron chi connectivity index (χ0n) is 10.5. The Hall–Kier alpha value is -1.30. The van der Waals surface area contributed by atoms with Crippen LogP contribution in [0.3, 0.4) is 0 Å². The van der Waals surface area contributed by atoms with Crippen LogP contribution in [-0.2, 0) is 6.42 Å². The van der Waals surface area contributed by atoms with Gasteiger partial charge in [0.25, 0.3) is 0 Å². The molecule has 0 aromatic rings. The third-order valence-corrected chi connectivity index (χ3v) is 3.20. The van der Waals surface area contributed by atoms with Crippen molar-refractivity contribution in [3.8, 4) is 11.1 Å². The summed E-state index contributed by atoms with van der Waals surface area (Å²) in [5.41, 5.74) is 5.70. The average Bonchev–Trinajstić information content (AvgIpc) is 2.51. The molecule has 2 aliphatic carbocycles. The Balaban J connectivity index is 2.46. The van der Waals surface area contributed by atoms with Gasteiger partial charge in [-0.1, -0.05) is 63.6 Å². The van der Waals surface area contributed by atoms with Crippen LogP contribution in [0.4, 0.5) is 0 Å². The van der Waals surface area contributed by atoms with Gasteiger partial charge in [0.05, 0.1) is 0 Å². The van der Waals surface area contributed by atoms with Crippen LogP contribution in [0.1, 0.15) is 44.2 Å². The van der Waals surface area contributed by atoms with Crippen LogP contribution >= 0.6 is 0 Å². The minimum atomic E-state index is 0.603. The first kappa shape index (κ1) is 11.2. The summed E-state index contributed by atoms with van der Waals surface area (Å²) in [5.74, 6) is 0.603. The molecule has 0 saturated heterocycles. The molecule has 2 aliphatic rings. The molecule has 16 heavy (non-hydrogen) atoms. The Bertz CT molecular complexity index is 440. The molecule has 0 aromatic heterocycles. The largest absolute Gasteiger partial charge is 0.0651 e. The van der Waals surface area contributed by atoms with E-state index in [0.29, 0.717) is 5.92 Å². The zero-order chi connectivity index (χ0) is 11.5. The normalized spacial score (nSPS) is 11.2. The Kier molecular flexibility index (Phi) is 3.28. The molecule has 0 aliphatic heterocycles. The Morgan fingerprint density at radius 3 is 2.31 bits per heavy atom. The van der Waals surface area contributed by atoms with Gasteiger partial charge in [0.15, 0.2) is 0 Å². The maximum atomic E-state index is 2.29. The highest BCUT2D eigenvalue weighted by Crippen LogP contribution is 2.29. The van der Waals surface area contributed by atoms with Crippen molar-refractivity contribution in [1.29, 1.82) is 0 Å². The van der Waals surface area contributed by atoms with Crippen LogP contribution in [0.2, 0.25) is 0 Å². The van der Waals surface area contributed by atoms with E-state index in [1.807, 2.05) is 0 Å². The summed E-state index contributed by atoms with van der Waals surface area (Å²) in [7, 11) is 0. The van der Waals surface area contributed by atoms with Crippen molar-refractivity contribution >= 4 is 0 Å². The van der Waals surface area contributed by atoms with Gasteiger partial charge in [-0.3, -0.25) is 0 Å². The van der Waals surface area contributed by atoms with Crippen LogP contribution in [0.25, 0.3) is 11.1 Å². The molecule has 0 aromatic carbocycles. The first-order valence-corrected chi connectivity index (χ1v) is 6.24. The first-order valence-electron chi connectivity index (χ1n) is 6.24. The molecular formula is C16H20. The van der Waals surface area contributed by atoms with Crippen molar-refractivity contribution in [1.82, 2.24) is 0 Å². The van der Waals surface area contributed by atoms with E-state index in [4.69, 9.17) is 0 Å². The molecule has 0 unspecified atom stereocenters. The van der Waals surface area contributed by atoms with E-state index < -0.39 is 0 Å². The van der Waals surface area contributed by atoms with Gasteiger partial charge in [0, 0.05) is 0 Å². The number of rotatable bonds is 3. The van der Waals surface area contributed by atoms with Gasteiger partial charge < -0.3 is 0 Å². The second-order valence-electron chi connectivity index (χ2n) is 4.80. The number of aryl methyl sites for hydroxylation is 1. The van der Waals surface area contributed by atoms with Gasteiger partial charge in [-0.25, -0.2) is 0 Å². The fourth-order valence-corrected chi connectivity index (χ4v) is 2.20. The van der Waals surface area contributed by atoms with Crippen molar-refractivity contribution < 1.29 is 0 Å². The van der Waals surface area contributed by atoms with E-state index in [2.05, 4.69) is 57.2 Å². The maximum Gasteiger partial charge on any atom is -0.0152 e. The summed E-state index contributed by atoms with van der Waals surface area (Å²) in [6, 6.07) is 13.6. The fraction of sp³-hybridized carbons (Fsp3) is 0.375. The molecular weight excluding hydrogens is 192 g/mol. The van der Waals surface area contributed by atoms with Crippen LogP contribution in [0.15, 0.2) is 36.4 Å².